The molecule has 0 aromatic carbocycles. The van der Waals surface area contributed by atoms with Crippen LogP contribution in [0.4, 0.5) is 4.79 Å². The van der Waals surface area contributed by atoms with Gasteiger partial charge in [0, 0.05) is 26.7 Å². The fraction of sp³-hybridized carbons (Fsp3) is 0.875. The molecule has 1 atom stereocenters. The van der Waals surface area contributed by atoms with Crippen LogP contribution in [0.1, 0.15) is 6.42 Å². The van der Waals surface area contributed by atoms with Gasteiger partial charge < -0.3 is 20.1 Å². The van der Waals surface area contributed by atoms with Gasteiger partial charge in [-0.3, -0.25) is 0 Å². The number of nitrogens with zero attached hydrogens (tertiary/aromatic N) is 1. The third-order valence-corrected chi connectivity index (χ3v) is 2.12. The predicted octanol–water partition coefficient (Wildman–Crippen LogP) is -0.0253. The highest BCUT2D eigenvalue weighted by molar-refractivity contribution is 5.64. The van der Waals surface area contributed by atoms with Gasteiger partial charge in [0.25, 0.3) is 0 Å². The number of amides is 1. The minimum atomic E-state index is -0.885. The number of hydrogen-bond acceptors (Lipinski definition) is 3. The van der Waals surface area contributed by atoms with Gasteiger partial charge in [-0.05, 0) is 6.42 Å². The average Bonchev–Trinajstić information content (AvgIpc) is 2.15. The highest BCUT2D eigenvalue weighted by atomic mass is 16.5. The zero-order chi connectivity index (χ0) is 9.68. The minimum absolute atomic E-state index is 0.163. The van der Waals surface area contributed by atoms with Gasteiger partial charge in [0.2, 0.25) is 0 Å². The fourth-order valence-corrected chi connectivity index (χ4v) is 1.24. The lowest BCUT2D eigenvalue weighted by Gasteiger charge is -2.25. The Morgan fingerprint density at radius 2 is 2.54 bits per heavy atom. The van der Waals surface area contributed by atoms with E-state index < -0.39 is 6.09 Å². The zero-order valence-corrected chi connectivity index (χ0v) is 7.82. The molecular weight excluding hydrogens is 172 g/mol. The molecule has 1 saturated heterocycles. The van der Waals surface area contributed by atoms with Gasteiger partial charge in [0.1, 0.15) is 0 Å². The van der Waals surface area contributed by atoms with Crippen molar-refractivity contribution >= 4 is 6.09 Å². The summed E-state index contributed by atoms with van der Waals surface area (Å²) in [5.74, 6) is 0. The largest absolute Gasteiger partial charge is 0.465 e. The number of nitrogens with one attached hydrogen (secondary N) is 1. The Labute approximate surface area is 77.7 Å². The Morgan fingerprint density at radius 3 is 3.08 bits per heavy atom. The Bertz CT molecular complexity index is 169. The maximum Gasteiger partial charge on any atom is 0.407 e. The number of carboxylic acid groups (broad SMARTS) is 1. The van der Waals surface area contributed by atoms with E-state index in [0.29, 0.717) is 6.54 Å². The summed E-state index contributed by atoms with van der Waals surface area (Å²) < 4.78 is 5.43. The molecule has 0 saturated carbocycles. The van der Waals surface area contributed by atoms with Crippen molar-refractivity contribution in [3.63, 3.8) is 0 Å². The monoisotopic (exact) mass is 188 g/mol. The molecule has 0 spiro atoms. The van der Waals surface area contributed by atoms with Crippen LogP contribution in [-0.2, 0) is 4.74 Å². The van der Waals surface area contributed by atoms with E-state index in [1.54, 1.807) is 7.05 Å². The first-order valence-corrected chi connectivity index (χ1v) is 4.46. The molecule has 1 amide bonds. The molecule has 2 N–H and O–H groups in total. The van der Waals surface area contributed by atoms with E-state index in [9.17, 15) is 4.79 Å². The molecule has 13 heavy (non-hydrogen) atoms. The first-order chi connectivity index (χ1) is 6.20. The summed E-state index contributed by atoms with van der Waals surface area (Å²) in [5, 5.41) is 11.8. The summed E-state index contributed by atoms with van der Waals surface area (Å²) in [7, 11) is 1.57. The van der Waals surface area contributed by atoms with Crippen LogP contribution >= 0.6 is 0 Å². The minimum Gasteiger partial charge on any atom is -0.465 e. The number of rotatable bonds is 3. The lowest BCUT2D eigenvalue weighted by atomic mass is 10.2. The summed E-state index contributed by atoms with van der Waals surface area (Å²) in [6, 6.07) is 0. The maximum atomic E-state index is 10.4. The normalized spacial score (nSPS) is 22.7. The van der Waals surface area contributed by atoms with Gasteiger partial charge in [-0.15, -0.1) is 0 Å². The highest BCUT2D eigenvalue weighted by Gasteiger charge is 2.14. The summed E-state index contributed by atoms with van der Waals surface area (Å²) in [5.41, 5.74) is 0. The molecule has 1 fully saturated rings. The Kier molecular flexibility index (Phi) is 3.98. The molecule has 0 unspecified atom stereocenters. The van der Waals surface area contributed by atoms with Crippen molar-refractivity contribution in [1.82, 2.24) is 10.2 Å². The lowest BCUT2D eigenvalue weighted by molar-refractivity contribution is 0.0193. The van der Waals surface area contributed by atoms with E-state index in [0.717, 1.165) is 26.1 Å². The topological polar surface area (TPSA) is 61.8 Å². The number of morpholine rings is 1. The van der Waals surface area contributed by atoms with Gasteiger partial charge in [0.15, 0.2) is 0 Å². The molecule has 0 aromatic rings. The van der Waals surface area contributed by atoms with E-state index in [1.165, 1.54) is 4.90 Å². The average molecular weight is 188 g/mol. The molecule has 1 heterocycles. The smallest absolute Gasteiger partial charge is 0.407 e. The van der Waals surface area contributed by atoms with Crippen LogP contribution in [0.5, 0.6) is 0 Å². The summed E-state index contributed by atoms with van der Waals surface area (Å²) in [6.45, 7) is 2.97. The lowest BCUT2D eigenvalue weighted by Crippen LogP contribution is -2.40. The van der Waals surface area contributed by atoms with Crippen molar-refractivity contribution in [2.45, 2.75) is 12.5 Å². The van der Waals surface area contributed by atoms with Gasteiger partial charge in [-0.25, -0.2) is 4.79 Å². The number of carbonyl (C=O) groups is 1. The van der Waals surface area contributed by atoms with Gasteiger partial charge >= 0.3 is 6.09 Å². The van der Waals surface area contributed by atoms with Crippen LogP contribution in [0.25, 0.3) is 0 Å². The zero-order valence-electron chi connectivity index (χ0n) is 7.82. The molecule has 0 aliphatic carbocycles. The van der Waals surface area contributed by atoms with E-state index in [4.69, 9.17) is 9.84 Å². The van der Waals surface area contributed by atoms with Crippen LogP contribution in [0.3, 0.4) is 0 Å². The first-order valence-electron chi connectivity index (χ1n) is 4.46. The van der Waals surface area contributed by atoms with E-state index in [1.807, 2.05) is 0 Å². The van der Waals surface area contributed by atoms with Crippen molar-refractivity contribution < 1.29 is 14.6 Å². The van der Waals surface area contributed by atoms with Crippen LogP contribution in [0, 0.1) is 0 Å². The van der Waals surface area contributed by atoms with Crippen molar-refractivity contribution in [2.75, 3.05) is 33.3 Å². The second-order valence-corrected chi connectivity index (χ2v) is 3.19. The van der Waals surface area contributed by atoms with E-state index in [2.05, 4.69) is 5.32 Å². The third-order valence-electron chi connectivity index (χ3n) is 2.12. The molecule has 0 bridgehead atoms. The molecule has 0 aromatic heterocycles. The molecule has 0 radical (unpaired) electrons. The Morgan fingerprint density at radius 1 is 1.77 bits per heavy atom. The second kappa shape index (κ2) is 5.04. The van der Waals surface area contributed by atoms with Crippen LogP contribution < -0.4 is 5.32 Å². The van der Waals surface area contributed by atoms with Gasteiger partial charge in [-0.2, -0.15) is 0 Å². The molecular formula is C8H16N2O3. The Balaban J connectivity index is 2.13. The van der Waals surface area contributed by atoms with E-state index >= 15 is 0 Å². The molecule has 5 heteroatoms. The number of ether oxygens (including phenoxy) is 1. The maximum absolute atomic E-state index is 10.4. The quantitative estimate of drug-likeness (QED) is 0.653. The van der Waals surface area contributed by atoms with Crippen molar-refractivity contribution in [2.24, 2.45) is 0 Å². The third kappa shape index (κ3) is 3.61. The van der Waals surface area contributed by atoms with Crippen molar-refractivity contribution in [1.29, 1.82) is 0 Å². The van der Waals surface area contributed by atoms with Crippen molar-refractivity contribution in [3.05, 3.63) is 0 Å². The van der Waals surface area contributed by atoms with E-state index in [-0.39, 0.29) is 6.10 Å². The summed E-state index contributed by atoms with van der Waals surface area (Å²) in [4.78, 5) is 11.7. The molecule has 1 aliphatic rings. The molecule has 1 rings (SSSR count). The molecule has 5 nitrogen and oxygen atoms in total. The summed E-state index contributed by atoms with van der Waals surface area (Å²) >= 11 is 0. The van der Waals surface area contributed by atoms with Gasteiger partial charge in [-0.1, -0.05) is 0 Å². The van der Waals surface area contributed by atoms with Crippen LogP contribution in [-0.4, -0.2) is 55.5 Å². The van der Waals surface area contributed by atoms with Crippen LogP contribution in [0.15, 0.2) is 0 Å². The summed E-state index contributed by atoms with van der Waals surface area (Å²) in [6.07, 6.45) is 0.0369. The molecule has 76 valence electrons. The Hall–Kier alpha value is -0.810. The van der Waals surface area contributed by atoms with Crippen LogP contribution in [0.2, 0.25) is 0 Å². The highest BCUT2D eigenvalue weighted by Crippen LogP contribution is 2.02. The molecule has 1 aliphatic heterocycles. The SMILES string of the molecule is CN(CC[C@H]1CNCCO1)C(=O)O. The number of hydrogen-bond donors (Lipinski definition) is 2. The van der Waals surface area contributed by atoms with Gasteiger partial charge in [0.05, 0.1) is 12.7 Å². The van der Waals surface area contributed by atoms with Crippen molar-refractivity contribution in [3.8, 4) is 0 Å². The fourth-order valence-electron chi connectivity index (χ4n) is 1.24. The standard InChI is InChI=1S/C8H16N2O3/c1-10(8(11)12)4-2-7-6-9-3-5-13-7/h7,9H,2-6H2,1H3,(H,11,12)/t7-/m0/s1. The predicted molar refractivity (Wildman–Crippen MR) is 47.9 cm³/mol. The second-order valence-electron chi connectivity index (χ2n) is 3.19. The first kappa shape index (κ1) is 10.3.